The van der Waals surface area contributed by atoms with Gasteiger partial charge in [0.25, 0.3) is 0 Å². The van der Waals surface area contributed by atoms with Gasteiger partial charge in [-0.3, -0.25) is 0 Å². The average Bonchev–Trinajstić information content (AvgIpc) is 2.65. The van der Waals surface area contributed by atoms with Crippen LogP contribution in [0.2, 0.25) is 0 Å². The fourth-order valence-corrected chi connectivity index (χ4v) is 3.67. The first kappa shape index (κ1) is 23.0. The fraction of sp³-hybridized carbons (Fsp3) is 0.455. The Kier molecular flexibility index (Phi) is 11.6. The van der Waals surface area contributed by atoms with Gasteiger partial charge in [-0.1, -0.05) is 60.7 Å². The van der Waals surface area contributed by atoms with E-state index in [0.29, 0.717) is 0 Å². The number of rotatable bonds is 8. The molecular weight excluding hydrogens is 363 g/mol. The van der Waals surface area contributed by atoms with E-state index < -0.39 is 0 Å². The topological polar surface area (TPSA) is 24.1 Å². The number of hydrogen-bond donors (Lipinski definition) is 2. The molecule has 1 aliphatic carbocycles. The van der Waals surface area contributed by atoms with Crippen LogP contribution in [0.4, 0.5) is 0 Å². The second kappa shape index (κ2) is 13.2. The molecule has 2 nitrogen and oxygen atoms in total. The first-order chi connectivity index (χ1) is 11.9. The van der Waals surface area contributed by atoms with E-state index in [-0.39, 0.29) is 24.8 Å². The lowest BCUT2D eigenvalue weighted by atomic mass is 9.82. The largest absolute Gasteiger partial charge is 0.312 e. The van der Waals surface area contributed by atoms with Gasteiger partial charge in [0.2, 0.25) is 0 Å². The zero-order chi connectivity index (χ0) is 16.5. The summed E-state index contributed by atoms with van der Waals surface area (Å²) in [5.74, 6) is 1.72. The molecule has 0 saturated heterocycles. The van der Waals surface area contributed by atoms with Crippen molar-refractivity contribution in [2.45, 2.75) is 38.8 Å². The van der Waals surface area contributed by atoms with Crippen LogP contribution in [0.15, 0.2) is 60.7 Å². The van der Waals surface area contributed by atoms with Crippen LogP contribution in [-0.4, -0.2) is 13.1 Å². The molecule has 0 aliphatic heterocycles. The lowest BCUT2D eigenvalue weighted by molar-refractivity contribution is 0.261. The van der Waals surface area contributed by atoms with E-state index in [1.54, 1.807) is 0 Å². The first-order valence-corrected chi connectivity index (χ1v) is 9.39. The third-order valence-electron chi connectivity index (χ3n) is 5.18. The molecule has 26 heavy (non-hydrogen) atoms. The molecule has 0 unspecified atom stereocenters. The summed E-state index contributed by atoms with van der Waals surface area (Å²) in [7, 11) is 0. The van der Waals surface area contributed by atoms with E-state index in [1.165, 1.54) is 49.9 Å². The lowest BCUT2D eigenvalue weighted by Gasteiger charge is -2.29. The third kappa shape index (κ3) is 8.09. The van der Waals surface area contributed by atoms with Gasteiger partial charge in [0.1, 0.15) is 0 Å². The van der Waals surface area contributed by atoms with E-state index in [9.17, 15) is 0 Å². The first-order valence-electron chi connectivity index (χ1n) is 9.39. The molecule has 0 amide bonds. The van der Waals surface area contributed by atoms with Crippen molar-refractivity contribution in [1.29, 1.82) is 0 Å². The summed E-state index contributed by atoms with van der Waals surface area (Å²) in [6.07, 6.45) is 5.50. The highest BCUT2D eigenvalue weighted by atomic mass is 35.5. The minimum absolute atomic E-state index is 0. The van der Waals surface area contributed by atoms with Crippen LogP contribution < -0.4 is 10.6 Å². The Bertz CT molecular complexity index is 516. The summed E-state index contributed by atoms with van der Waals surface area (Å²) in [4.78, 5) is 0. The van der Waals surface area contributed by atoms with Crippen LogP contribution in [0.1, 0.15) is 36.8 Å². The van der Waals surface area contributed by atoms with E-state index >= 15 is 0 Å². The van der Waals surface area contributed by atoms with E-state index in [1.807, 2.05) is 0 Å². The lowest BCUT2D eigenvalue weighted by Crippen LogP contribution is -2.30. The minimum Gasteiger partial charge on any atom is -0.312 e. The molecule has 3 rings (SSSR count). The zero-order valence-corrected chi connectivity index (χ0v) is 17.0. The zero-order valence-electron chi connectivity index (χ0n) is 15.4. The highest BCUT2D eigenvalue weighted by molar-refractivity contribution is 5.85. The molecule has 2 aromatic carbocycles. The Morgan fingerprint density at radius 2 is 0.923 bits per heavy atom. The molecule has 0 aromatic heterocycles. The summed E-state index contributed by atoms with van der Waals surface area (Å²) < 4.78 is 0. The van der Waals surface area contributed by atoms with Crippen LogP contribution in [-0.2, 0) is 13.1 Å². The maximum atomic E-state index is 3.64. The summed E-state index contributed by atoms with van der Waals surface area (Å²) in [6.45, 7) is 4.33. The van der Waals surface area contributed by atoms with Gasteiger partial charge >= 0.3 is 0 Å². The molecule has 0 bridgehead atoms. The molecule has 0 spiro atoms. The molecule has 1 saturated carbocycles. The normalized spacial score (nSPS) is 19.2. The Hall–Kier alpha value is -1.06. The molecule has 4 heteroatoms. The van der Waals surface area contributed by atoms with Crippen LogP contribution in [0.3, 0.4) is 0 Å². The maximum absolute atomic E-state index is 3.64. The minimum atomic E-state index is 0. The second-order valence-electron chi connectivity index (χ2n) is 7.12. The van der Waals surface area contributed by atoms with E-state index in [2.05, 4.69) is 71.3 Å². The maximum Gasteiger partial charge on any atom is 0.0205 e. The summed E-state index contributed by atoms with van der Waals surface area (Å²) in [5.41, 5.74) is 2.77. The number of nitrogens with one attached hydrogen (secondary N) is 2. The Balaban J connectivity index is 0.00000169. The van der Waals surface area contributed by atoms with E-state index in [4.69, 9.17) is 0 Å². The molecular formula is C22H32Cl2N2. The molecule has 1 fully saturated rings. The van der Waals surface area contributed by atoms with Crippen molar-refractivity contribution >= 4 is 24.8 Å². The summed E-state index contributed by atoms with van der Waals surface area (Å²) in [6, 6.07) is 21.4. The molecule has 2 N–H and O–H groups in total. The number of halogens is 2. The van der Waals surface area contributed by atoms with Crippen LogP contribution in [0.5, 0.6) is 0 Å². The van der Waals surface area contributed by atoms with Gasteiger partial charge in [-0.05, 0) is 61.7 Å². The summed E-state index contributed by atoms with van der Waals surface area (Å²) in [5, 5.41) is 7.27. The molecule has 2 aromatic rings. The quantitative estimate of drug-likeness (QED) is 0.641. The van der Waals surface area contributed by atoms with Gasteiger partial charge in [-0.2, -0.15) is 0 Å². The van der Waals surface area contributed by atoms with Crippen molar-refractivity contribution in [1.82, 2.24) is 10.6 Å². The predicted molar refractivity (Wildman–Crippen MR) is 116 cm³/mol. The van der Waals surface area contributed by atoms with Crippen molar-refractivity contribution in [2.75, 3.05) is 13.1 Å². The van der Waals surface area contributed by atoms with Crippen molar-refractivity contribution in [2.24, 2.45) is 11.8 Å². The van der Waals surface area contributed by atoms with Crippen molar-refractivity contribution in [3.05, 3.63) is 71.8 Å². The van der Waals surface area contributed by atoms with Gasteiger partial charge in [0.05, 0.1) is 0 Å². The number of benzene rings is 2. The Morgan fingerprint density at radius 3 is 1.27 bits per heavy atom. The Labute approximate surface area is 171 Å². The van der Waals surface area contributed by atoms with Crippen LogP contribution in [0, 0.1) is 11.8 Å². The van der Waals surface area contributed by atoms with Gasteiger partial charge < -0.3 is 10.6 Å². The molecule has 1 aliphatic rings. The third-order valence-corrected chi connectivity index (χ3v) is 5.18. The van der Waals surface area contributed by atoms with Gasteiger partial charge in [-0.15, -0.1) is 24.8 Å². The molecule has 0 heterocycles. The van der Waals surface area contributed by atoms with Crippen LogP contribution >= 0.6 is 24.8 Å². The van der Waals surface area contributed by atoms with Gasteiger partial charge in [0, 0.05) is 13.1 Å². The van der Waals surface area contributed by atoms with Gasteiger partial charge in [0.15, 0.2) is 0 Å². The summed E-state index contributed by atoms with van der Waals surface area (Å²) >= 11 is 0. The molecule has 144 valence electrons. The monoisotopic (exact) mass is 394 g/mol. The fourth-order valence-electron chi connectivity index (χ4n) is 3.67. The van der Waals surface area contributed by atoms with Crippen LogP contribution in [0.25, 0.3) is 0 Å². The van der Waals surface area contributed by atoms with Crippen molar-refractivity contribution < 1.29 is 0 Å². The second-order valence-corrected chi connectivity index (χ2v) is 7.12. The number of hydrogen-bond acceptors (Lipinski definition) is 2. The van der Waals surface area contributed by atoms with Crippen molar-refractivity contribution in [3.8, 4) is 0 Å². The Morgan fingerprint density at radius 1 is 0.577 bits per heavy atom. The SMILES string of the molecule is Cl.Cl.c1ccc(CNCC2CCC(CNCc3ccccc3)CC2)cc1. The van der Waals surface area contributed by atoms with Crippen molar-refractivity contribution in [3.63, 3.8) is 0 Å². The highest BCUT2D eigenvalue weighted by Gasteiger charge is 2.20. The van der Waals surface area contributed by atoms with Gasteiger partial charge in [-0.25, -0.2) is 0 Å². The average molecular weight is 395 g/mol. The predicted octanol–water partition coefficient (Wildman–Crippen LogP) is 5.22. The van der Waals surface area contributed by atoms with E-state index in [0.717, 1.165) is 24.9 Å². The highest BCUT2D eigenvalue weighted by Crippen LogP contribution is 2.28. The molecule has 0 atom stereocenters. The smallest absolute Gasteiger partial charge is 0.0205 e. The standard InChI is InChI=1S/C22H30N2.2ClH/c1-3-7-19(8-4-1)15-23-17-21-11-13-22(14-12-21)18-24-16-20-9-5-2-6-10-20;;/h1-10,21-24H,11-18H2;2*1H. The molecule has 0 radical (unpaired) electrons.